The molecule has 0 saturated heterocycles. The van der Waals surface area contributed by atoms with Gasteiger partial charge in [-0.05, 0) is 171 Å². The van der Waals surface area contributed by atoms with Gasteiger partial charge in [-0.25, -0.2) is 0 Å². The lowest BCUT2D eigenvalue weighted by Crippen LogP contribution is -2.29. The number of hydrogen-bond acceptors (Lipinski definition) is 2. The topological polar surface area (TPSA) is 6.48 Å². The van der Waals surface area contributed by atoms with Gasteiger partial charge in [0.05, 0.1) is 5.41 Å². The fraction of sp³-hybridized carbons (Fsp3) is 0.262. The Morgan fingerprint density at radius 3 is 0.910 bits per heavy atom. The zero-order valence-electron chi connectivity index (χ0n) is 40.8. The number of nitrogens with zero attached hydrogens (tertiary/aromatic N) is 2. The molecule has 67 heavy (non-hydrogen) atoms. The van der Waals surface area contributed by atoms with E-state index in [1.807, 2.05) is 0 Å². The minimum Gasteiger partial charge on any atom is -0.310 e. The van der Waals surface area contributed by atoms with E-state index in [0.717, 1.165) is 47.0 Å². The van der Waals surface area contributed by atoms with Crippen LogP contribution in [0.3, 0.4) is 0 Å². The zero-order chi connectivity index (χ0) is 46.3. The lowest BCUT2D eigenvalue weighted by Gasteiger charge is -2.36. The van der Waals surface area contributed by atoms with Crippen LogP contribution in [0.2, 0.25) is 0 Å². The lowest BCUT2D eigenvalue weighted by atomic mass is 9.67. The molecule has 338 valence electrons. The third-order valence-electron chi connectivity index (χ3n) is 14.2. The van der Waals surface area contributed by atoms with E-state index in [4.69, 9.17) is 0 Å². The summed E-state index contributed by atoms with van der Waals surface area (Å²) >= 11 is 0. The number of benzene rings is 8. The van der Waals surface area contributed by atoms with E-state index in [1.165, 1.54) is 118 Å². The molecule has 0 amide bonds. The van der Waals surface area contributed by atoms with Gasteiger partial charge in [-0.1, -0.05) is 184 Å². The molecule has 0 atom stereocenters. The fourth-order valence-corrected chi connectivity index (χ4v) is 10.4. The van der Waals surface area contributed by atoms with E-state index in [0.29, 0.717) is 0 Å². The van der Waals surface area contributed by atoms with Gasteiger partial charge >= 0.3 is 0 Å². The van der Waals surface area contributed by atoms with Crippen LogP contribution < -0.4 is 9.80 Å². The molecule has 1 aliphatic rings. The summed E-state index contributed by atoms with van der Waals surface area (Å²) < 4.78 is 0. The molecule has 9 rings (SSSR count). The van der Waals surface area contributed by atoms with Crippen molar-refractivity contribution in [2.24, 2.45) is 0 Å². The average Bonchev–Trinajstić information content (AvgIpc) is 3.64. The summed E-state index contributed by atoms with van der Waals surface area (Å²) in [6.07, 6.45) is 12.3. The molecule has 0 saturated carbocycles. The molecule has 8 aromatic rings. The first kappa shape index (κ1) is 45.5. The van der Waals surface area contributed by atoms with E-state index < -0.39 is 5.41 Å². The number of hydrogen-bond donors (Lipinski definition) is 0. The average molecular weight is 877 g/mol. The van der Waals surface area contributed by atoms with Crippen molar-refractivity contribution < 1.29 is 0 Å². The molecule has 0 unspecified atom stereocenters. The van der Waals surface area contributed by atoms with Crippen LogP contribution in [0.25, 0.3) is 11.1 Å². The van der Waals surface area contributed by atoms with Gasteiger partial charge in [-0.2, -0.15) is 0 Å². The van der Waals surface area contributed by atoms with Crippen LogP contribution in [0.1, 0.15) is 121 Å². The highest BCUT2D eigenvalue weighted by atomic mass is 15.1. The van der Waals surface area contributed by atoms with Crippen LogP contribution in [0.4, 0.5) is 34.1 Å². The van der Waals surface area contributed by atoms with Crippen molar-refractivity contribution in [3.63, 3.8) is 0 Å². The first-order chi connectivity index (χ1) is 32.8. The van der Waals surface area contributed by atoms with E-state index >= 15 is 0 Å². The Balaban J connectivity index is 1.30. The van der Waals surface area contributed by atoms with Gasteiger partial charge in [-0.3, -0.25) is 0 Å². The van der Waals surface area contributed by atoms with Crippen molar-refractivity contribution in [2.75, 3.05) is 9.80 Å². The Morgan fingerprint density at radius 2 is 0.612 bits per heavy atom. The summed E-state index contributed by atoms with van der Waals surface area (Å²) in [6, 6.07) is 70.0. The molecule has 2 heteroatoms. The van der Waals surface area contributed by atoms with Crippen LogP contribution in [-0.4, -0.2) is 0 Å². The lowest BCUT2D eigenvalue weighted by molar-refractivity contribution is 0.666. The van der Waals surface area contributed by atoms with Gasteiger partial charge in [-0.15, -0.1) is 0 Å². The second-order valence-corrected chi connectivity index (χ2v) is 19.2. The molecular formula is C65H68N2. The van der Waals surface area contributed by atoms with E-state index in [9.17, 15) is 0 Å². The molecule has 0 radical (unpaired) electrons. The van der Waals surface area contributed by atoms with Gasteiger partial charge in [0.2, 0.25) is 0 Å². The number of anilines is 6. The second-order valence-electron chi connectivity index (χ2n) is 19.2. The summed E-state index contributed by atoms with van der Waals surface area (Å²) in [5.74, 6) is 0. The zero-order valence-corrected chi connectivity index (χ0v) is 40.8. The maximum absolute atomic E-state index is 2.52. The maximum Gasteiger partial charge on any atom is 0.0715 e. The van der Waals surface area contributed by atoms with Crippen LogP contribution in [0.5, 0.6) is 0 Å². The number of unbranched alkanes of at least 4 members (excludes halogenated alkanes) is 6. The van der Waals surface area contributed by atoms with Crippen molar-refractivity contribution >= 4 is 34.1 Å². The van der Waals surface area contributed by atoms with Crippen LogP contribution in [0.15, 0.2) is 182 Å². The predicted octanol–water partition coefficient (Wildman–Crippen LogP) is 18.5. The summed E-state index contributed by atoms with van der Waals surface area (Å²) in [4.78, 5) is 4.88. The number of rotatable bonds is 18. The largest absolute Gasteiger partial charge is 0.310 e. The van der Waals surface area contributed by atoms with Crippen molar-refractivity contribution in [3.05, 3.63) is 238 Å². The van der Waals surface area contributed by atoms with Crippen molar-refractivity contribution in [1.29, 1.82) is 0 Å². The van der Waals surface area contributed by atoms with Crippen LogP contribution in [-0.2, 0) is 18.3 Å². The first-order valence-electron chi connectivity index (χ1n) is 25.1. The molecule has 1 aliphatic carbocycles. The van der Waals surface area contributed by atoms with E-state index in [1.54, 1.807) is 0 Å². The predicted molar refractivity (Wildman–Crippen MR) is 288 cm³/mol. The third-order valence-corrected chi connectivity index (χ3v) is 14.2. The second kappa shape index (κ2) is 20.5. The van der Waals surface area contributed by atoms with Gasteiger partial charge < -0.3 is 9.80 Å². The third kappa shape index (κ3) is 9.50. The SMILES string of the molecule is CCCCCCc1ccc(C2(c3ccc(CCCCCC)cc3)c3cc(N(c4ccc(C)cc4)c4ccc(C)cc4)ccc3-c3ccc(N(c4ccc(C)cc4)c4ccc(C)cc4)cc32)cc1. The normalized spacial score (nSPS) is 12.4. The maximum atomic E-state index is 2.52. The Labute approximate surface area is 402 Å². The van der Waals surface area contributed by atoms with E-state index in [2.05, 4.69) is 233 Å². The highest BCUT2D eigenvalue weighted by Crippen LogP contribution is 2.58. The van der Waals surface area contributed by atoms with Crippen molar-refractivity contribution in [1.82, 2.24) is 0 Å². The van der Waals surface area contributed by atoms with Gasteiger partial charge in [0.15, 0.2) is 0 Å². The molecule has 0 aliphatic heterocycles. The molecule has 0 spiro atoms. The Bertz CT molecular complexity index is 2580. The summed E-state index contributed by atoms with van der Waals surface area (Å²) in [5.41, 5.74) is 21.8. The van der Waals surface area contributed by atoms with Gasteiger partial charge in [0.25, 0.3) is 0 Å². The van der Waals surface area contributed by atoms with Crippen molar-refractivity contribution in [2.45, 2.75) is 111 Å². The minimum absolute atomic E-state index is 0.614. The molecular weight excluding hydrogens is 809 g/mol. The monoisotopic (exact) mass is 877 g/mol. The van der Waals surface area contributed by atoms with Crippen LogP contribution >= 0.6 is 0 Å². The number of aryl methyl sites for hydroxylation is 6. The number of fused-ring (bicyclic) bond motifs is 3. The standard InChI is InChI=1S/C65H68N2/c1-7-9-11-13-15-51-25-29-53(30-26-51)65(54-31-27-52(28-32-54)16-14-12-10-8-2)63-45-59(66(55-33-17-47(3)18-34-55)56-35-19-48(4)20-36-56)41-43-61(63)62-44-42-60(46-64(62)65)67(57-37-21-49(5)22-38-57)58-39-23-50(6)24-40-58/h17-46H,7-16H2,1-6H3. The van der Waals surface area contributed by atoms with Crippen molar-refractivity contribution in [3.8, 4) is 11.1 Å². The molecule has 2 nitrogen and oxygen atoms in total. The quantitative estimate of drug-likeness (QED) is 0.0793. The Hall–Kier alpha value is -6.64. The molecule has 0 aromatic heterocycles. The van der Waals surface area contributed by atoms with Crippen LogP contribution in [0, 0.1) is 27.7 Å². The van der Waals surface area contributed by atoms with Gasteiger partial charge in [0.1, 0.15) is 0 Å². The molecule has 0 fully saturated rings. The first-order valence-corrected chi connectivity index (χ1v) is 25.1. The summed E-state index contributed by atoms with van der Waals surface area (Å²) in [7, 11) is 0. The fourth-order valence-electron chi connectivity index (χ4n) is 10.4. The Kier molecular flexibility index (Phi) is 13.9. The Morgan fingerprint density at radius 1 is 0.313 bits per heavy atom. The molecule has 0 N–H and O–H groups in total. The minimum atomic E-state index is -0.614. The highest BCUT2D eigenvalue weighted by molar-refractivity contribution is 5.92. The smallest absolute Gasteiger partial charge is 0.0715 e. The summed E-state index contributed by atoms with van der Waals surface area (Å²) in [5, 5.41) is 0. The molecule has 0 bridgehead atoms. The van der Waals surface area contributed by atoms with E-state index in [-0.39, 0.29) is 0 Å². The van der Waals surface area contributed by atoms with Gasteiger partial charge in [0, 0.05) is 34.1 Å². The highest BCUT2D eigenvalue weighted by Gasteiger charge is 2.47. The summed E-state index contributed by atoms with van der Waals surface area (Å²) in [6.45, 7) is 13.3. The molecule has 8 aromatic carbocycles. The molecule has 0 heterocycles.